The molecule has 0 spiro atoms. The second kappa shape index (κ2) is 6.33. The Morgan fingerprint density at radius 1 is 1.08 bits per heavy atom. The van der Waals surface area contributed by atoms with Gasteiger partial charge in [-0.15, -0.1) is 0 Å². The van der Waals surface area contributed by atoms with Crippen molar-refractivity contribution < 1.29 is 34.7 Å². The Labute approximate surface area is 150 Å². The molecular formula is C19H20O7. The maximum atomic E-state index is 12.9. The van der Waals surface area contributed by atoms with E-state index in [-0.39, 0.29) is 64.2 Å². The number of Topliss-reactive ketones (excluding diaryl/α,β-unsaturated/α-hetero) is 1. The molecule has 4 N–H and O–H groups in total. The zero-order valence-electron chi connectivity index (χ0n) is 14.7. The standard InChI is InChI=1S/C19H20O7/c1-8-16(22)9(2)19-15(17(8)23)18(24)10(7-26-19)4-12-13(20)5-11(25-3)6-14(12)21/h5-6,10,20-23H,4,7H2,1-3H3/t10-/m1/s1. The zero-order chi connectivity index (χ0) is 19.2. The Kier molecular flexibility index (Phi) is 4.31. The van der Waals surface area contributed by atoms with Crippen LogP contribution in [0.15, 0.2) is 12.1 Å². The van der Waals surface area contributed by atoms with E-state index < -0.39 is 5.92 Å². The van der Waals surface area contributed by atoms with Crippen LogP contribution in [0.25, 0.3) is 0 Å². The number of rotatable bonds is 3. The van der Waals surface area contributed by atoms with Crippen molar-refractivity contribution in [2.45, 2.75) is 20.3 Å². The van der Waals surface area contributed by atoms with E-state index in [1.807, 2.05) is 0 Å². The number of carbonyl (C=O) groups is 1. The van der Waals surface area contributed by atoms with Crippen LogP contribution < -0.4 is 9.47 Å². The van der Waals surface area contributed by atoms with E-state index in [9.17, 15) is 25.2 Å². The Bertz CT molecular complexity index is 878. The fraction of sp³-hybridized carbons (Fsp3) is 0.316. The summed E-state index contributed by atoms with van der Waals surface area (Å²) < 4.78 is 10.6. The molecule has 1 heterocycles. The number of aromatic hydroxyl groups is 4. The smallest absolute Gasteiger partial charge is 0.177 e. The number of ether oxygens (including phenoxy) is 2. The largest absolute Gasteiger partial charge is 0.507 e. The van der Waals surface area contributed by atoms with Crippen molar-refractivity contribution in [3.05, 3.63) is 34.4 Å². The monoisotopic (exact) mass is 360 g/mol. The van der Waals surface area contributed by atoms with Crippen LogP contribution in [-0.4, -0.2) is 39.9 Å². The van der Waals surface area contributed by atoms with E-state index in [1.54, 1.807) is 6.92 Å². The molecule has 26 heavy (non-hydrogen) atoms. The lowest BCUT2D eigenvalue weighted by molar-refractivity contribution is 0.0823. The normalized spacial score (nSPS) is 16.1. The lowest BCUT2D eigenvalue weighted by atomic mass is 9.86. The average molecular weight is 360 g/mol. The van der Waals surface area contributed by atoms with Gasteiger partial charge in [0.05, 0.1) is 19.6 Å². The van der Waals surface area contributed by atoms with Gasteiger partial charge >= 0.3 is 0 Å². The van der Waals surface area contributed by atoms with Crippen molar-refractivity contribution in [1.29, 1.82) is 0 Å². The Morgan fingerprint density at radius 2 is 1.69 bits per heavy atom. The van der Waals surface area contributed by atoms with E-state index >= 15 is 0 Å². The second-order valence-corrected chi connectivity index (χ2v) is 6.37. The maximum absolute atomic E-state index is 12.9. The number of ketones is 1. The predicted octanol–water partition coefficient (Wildman–Crippen LogP) is 2.57. The van der Waals surface area contributed by atoms with E-state index in [0.29, 0.717) is 11.3 Å². The molecule has 1 aliphatic rings. The molecule has 0 unspecified atom stereocenters. The molecule has 0 bridgehead atoms. The molecule has 0 aromatic heterocycles. The molecular weight excluding hydrogens is 340 g/mol. The number of phenols is 4. The summed E-state index contributed by atoms with van der Waals surface area (Å²) in [5.74, 6) is -1.44. The molecule has 0 amide bonds. The van der Waals surface area contributed by atoms with Gasteiger partial charge in [-0.25, -0.2) is 0 Å². The SMILES string of the molecule is COc1cc(O)c(C[C@@H]2COc3c(C)c(O)c(C)c(O)c3C2=O)c(O)c1. The van der Waals surface area contributed by atoms with Crippen LogP contribution in [-0.2, 0) is 6.42 Å². The van der Waals surface area contributed by atoms with Gasteiger partial charge in [-0.3, -0.25) is 4.79 Å². The molecule has 0 radical (unpaired) electrons. The summed E-state index contributed by atoms with van der Waals surface area (Å²) in [7, 11) is 1.41. The third-order valence-corrected chi connectivity index (χ3v) is 4.78. The Balaban J connectivity index is 1.99. The predicted molar refractivity (Wildman–Crippen MR) is 92.6 cm³/mol. The molecule has 0 saturated carbocycles. The molecule has 138 valence electrons. The Morgan fingerprint density at radius 3 is 2.27 bits per heavy atom. The minimum absolute atomic E-state index is 0.000473. The number of phenolic OH excluding ortho intramolecular Hbond substituents is 4. The first kappa shape index (κ1) is 17.7. The molecule has 1 atom stereocenters. The molecule has 7 heteroatoms. The van der Waals surface area contributed by atoms with Gasteiger partial charge in [0.25, 0.3) is 0 Å². The van der Waals surface area contributed by atoms with E-state index in [0.717, 1.165) is 0 Å². The highest BCUT2D eigenvalue weighted by Gasteiger charge is 2.35. The van der Waals surface area contributed by atoms with Crippen LogP contribution in [0.4, 0.5) is 0 Å². The second-order valence-electron chi connectivity index (χ2n) is 6.37. The summed E-state index contributed by atoms with van der Waals surface area (Å²) in [6.07, 6.45) is 0.0261. The maximum Gasteiger partial charge on any atom is 0.177 e. The summed E-state index contributed by atoms with van der Waals surface area (Å²) in [5.41, 5.74) is 0.802. The number of hydrogen-bond donors (Lipinski definition) is 4. The van der Waals surface area contributed by atoms with E-state index in [4.69, 9.17) is 9.47 Å². The fourth-order valence-electron chi connectivity index (χ4n) is 3.20. The molecule has 0 aliphatic carbocycles. The summed E-state index contributed by atoms with van der Waals surface area (Å²) in [6.45, 7) is 3.12. The van der Waals surface area contributed by atoms with E-state index in [1.165, 1.54) is 26.2 Å². The molecule has 1 aliphatic heterocycles. The van der Waals surface area contributed by atoms with Gasteiger partial charge in [-0.2, -0.15) is 0 Å². The lowest BCUT2D eigenvalue weighted by Gasteiger charge is -2.27. The third-order valence-electron chi connectivity index (χ3n) is 4.78. The number of carbonyl (C=O) groups excluding carboxylic acids is 1. The third kappa shape index (κ3) is 2.65. The minimum atomic E-state index is -0.707. The molecule has 2 aromatic rings. The summed E-state index contributed by atoms with van der Waals surface area (Å²) in [5, 5.41) is 40.6. The molecule has 2 aromatic carbocycles. The number of hydrogen-bond acceptors (Lipinski definition) is 7. The summed E-state index contributed by atoms with van der Waals surface area (Å²) >= 11 is 0. The average Bonchev–Trinajstić information content (AvgIpc) is 2.61. The van der Waals surface area contributed by atoms with Crippen molar-refractivity contribution in [3.8, 4) is 34.5 Å². The van der Waals surface area contributed by atoms with Crippen LogP contribution in [0.3, 0.4) is 0 Å². The minimum Gasteiger partial charge on any atom is -0.507 e. The van der Waals surface area contributed by atoms with Crippen molar-refractivity contribution in [3.63, 3.8) is 0 Å². The van der Waals surface area contributed by atoms with Crippen molar-refractivity contribution in [2.75, 3.05) is 13.7 Å². The van der Waals surface area contributed by atoms with Gasteiger partial charge in [0.2, 0.25) is 0 Å². The lowest BCUT2D eigenvalue weighted by Crippen LogP contribution is -2.30. The van der Waals surface area contributed by atoms with E-state index in [2.05, 4.69) is 0 Å². The fourth-order valence-corrected chi connectivity index (χ4v) is 3.20. The van der Waals surface area contributed by atoms with Gasteiger partial charge in [-0.05, 0) is 20.3 Å². The topological polar surface area (TPSA) is 116 Å². The van der Waals surface area contributed by atoms with Crippen LogP contribution >= 0.6 is 0 Å². The van der Waals surface area contributed by atoms with Gasteiger partial charge in [0.1, 0.15) is 40.1 Å². The van der Waals surface area contributed by atoms with Crippen LogP contribution in [0, 0.1) is 19.8 Å². The first-order valence-corrected chi connectivity index (χ1v) is 8.07. The summed E-state index contributed by atoms with van der Waals surface area (Å²) in [6, 6.07) is 2.70. The first-order valence-electron chi connectivity index (χ1n) is 8.07. The number of benzene rings is 2. The first-order chi connectivity index (χ1) is 12.3. The van der Waals surface area contributed by atoms with Gasteiger partial charge < -0.3 is 29.9 Å². The van der Waals surface area contributed by atoms with Crippen molar-refractivity contribution >= 4 is 5.78 Å². The molecule has 3 rings (SSSR count). The van der Waals surface area contributed by atoms with Crippen LogP contribution in [0.1, 0.15) is 27.0 Å². The van der Waals surface area contributed by atoms with Gasteiger partial charge in [0, 0.05) is 28.8 Å². The number of methoxy groups -OCH3 is 1. The molecule has 7 nitrogen and oxygen atoms in total. The quantitative estimate of drug-likeness (QED) is 0.665. The number of fused-ring (bicyclic) bond motifs is 1. The van der Waals surface area contributed by atoms with Gasteiger partial charge in [-0.1, -0.05) is 0 Å². The van der Waals surface area contributed by atoms with Gasteiger partial charge in [0.15, 0.2) is 5.78 Å². The highest BCUT2D eigenvalue weighted by molar-refractivity contribution is 6.05. The highest BCUT2D eigenvalue weighted by Crippen LogP contribution is 2.45. The van der Waals surface area contributed by atoms with Crippen molar-refractivity contribution in [2.24, 2.45) is 5.92 Å². The van der Waals surface area contributed by atoms with Crippen LogP contribution in [0.5, 0.6) is 34.5 Å². The molecule has 0 saturated heterocycles. The zero-order valence-corrected chi connectivity index (χ0v) is 14.7. The molecule has 0 fully saturated rings. The van der Waals surface area contributed by atoms with Crippen LogP contribution in [0.2, 0.25) is 0 Å². The summed E-state index contributed by atoms with van der Waals surface area (Å²) in [4.78, 5) is 12.9. The highest BCUT2D eigenvalue weighted by atomic mass is 16.5. The van der Waals surface area contributed by atoms with Crippen molar-refractivity contribution in [1.82, 2.24) is 0 Å². The Hall–Kier alpha value is -3.09.